The SMILES string of the molecule is CCCCC(=O)Nc1c2c(nn1-c1ccccc1C)CSC2. The number of nitrogens with one attached hydrogen (secondary N) is 1. The maximum Gasteiger partial charge on any atom is 0.225 e. The van der Waals surface area contributed by atoms with Gasteiger partial charge < -0.3 is 5.32 Å². The van der Waals surface area contributed by atoms with E-state index in [0.29, 0.717) is 6.42 Å². The normalized spacial score (nSPS) is 13.2. The Hall–Kier alpha value is -1.75. The van der Waals surface area contributed by atoms with E-state index < -0.39 is 0 Å². The predicted molar refractivity (Wildman–Crippen MR) is 91.5 cm³/mol. The summed E-state index contributed by atoms with van der Waals surface area (Å²) in [6.45, 7) is 4.17. The van der Waals surface area contributed by atoms with E-state index in [1.54, 1.807) is 0 Å². The second-order valence-corrected chi connectivity index (χ2v) is 6.60. The van der Waals surface area contributed by atoms with Crippen LogP contribution in [0.3, 0.4) is 0 Å². The van der Waals surface area contributed by atoms with E-state index in [4.69, 9.17) is 5.10 Å². The number of nitrogens with zero attached hydrogens (tertiary/aromatic N) is 2. The largest absolute Gasteiger partial charge is 0.310 e. The molecule has 2 heterocycles. The third-order valence-electron chi connectivity index (χ3n) is 3.91. The molecule has 1 N–H and O–H groups in total. The average Bonchev–Trinajstić information content (AvgIpc) is 3.08. The van der Waals surface area contributed by atoms with Crippen molar-refractivity contribution >= 4 is 23.5 Å². The molecule has 0 aliphatic carbocycles. The average molecular weight is 315 g/mol. The van der Waals surface area contributed by atoms with E-state index in [0.717, 1.165) is 47.1 Å². The molecular weight excluding hydrogens is 294 g/mol. The number of hydrogen-bond acceptors (Lipinski definition) is 3. The van der Waals surface area contributed by atoms with E-state index in [1.807, 2.05) is 34.6 Å². The van der Waals surface area contributed by atoms with Gasteiger partial charge in [-0.2, -0.15) is 16.9 Å². The molecular formula is C17H21N3OS. The first kappa shape index (κ1) is 15.2. The molecule has 116 valence electrons. The van der Waals surface area contributed by atoms with Crippen LogP contribution in [0.5, 0.6) is 0 Å². The van der Waals surface area contributed by atoms with E-state index in [1.165, 1.54) is 5.56 Å². The van der Waals surface area contributed by atoms with Gasteiger partial charge in [0.2, 0.25) is 5.91 Å². The van der Waals surface area contributed by atoms with Crippen molar-refractivity contribution in [3.63, 3.8) is 0 Å². The maximum atomic E-state index is 12.2. The number of aryl methyl sites for hydroxylation is 1. The molecule has 1 aliphatic heterocycles. The van der Waals surface area contributed by atoms with Crippen molar-refractivity contribution in [2.75, 3.05) is 5.32 Å². The van der Waals surface area contributed by atoms with Gasteiger partial charge in [0, 0.05) is 23.5 Å². The quantitative estimate of drug-likeness (QED) is 0.905. The number of thioether (sulfide) groups is 1. The minimum Gasteiger partial charge on any atom is -0.310 e. The Morgan fingerprint density at radius 3 is 2.95 bits per heavy atom. The van der Waals surface area contributed by atoms with E-state index >= 15 is 0 Å². The number of carbonyl (C=O) groups is 1. The number of fused-ring (bicyclic) bond motifs is 1. The van der Waals surface area contributed by atoms with Crippen LogP contribution in [0.2, 0.25) is 0 Å². The molecule has 0 bridgehead atoms. The lowest BCUT2D eigenvalue weighted by Gasteiger charge is -2.12. The highest BCUT2D eigenvalue weighted by atomic mass is 32.2. The summed E-state index contributed by atoms with van der Waals surface area (Å²) in [5.41, 5.74) is 4.46. The lowest BCUT2D eigenvalue weighted by Crippen LogP contribution is -2.16. The first-order chi connectivity index (χ1) is 10.7. The fourth-order valence-electron chi connectivity index (χ4n) is 2.65. The highest BCUT2D eigenvalue weighted by Gasteiger charge is 2.24. The van der Waals surface area contributed by atoms with E-state index in [9.17, 15) is 4.79 Å². The van der Waals surface area contributed by atoms with Crippen LogP contribution in [0.15, 0.2) is 24.3 Å². The van der Waals surface area contributed by atoms with Crippen LogP contribution in [0.4, 0.5) is 5.82 Å². The summed E-state index contributed by atoms with van der Waals surface area (Å²) in [4.78, 5) is 12.2. The van der Waals surface area contributed by atoms with Crippen molar-refractivity contribution in [1.29, 1.82) is 0 Å². The summed E-state index contributed by atoms with van der Waals surface area (Å²) < 4.78 is 1.91. The molecule has 2 aromatic rings. The van der Waals surface area contributed by atoms with Crippen molar-refractivity contribution in [2.24, 2.45) is 0 Å². The number of hydrogen-bond donors (Lipinski definition) is 1. The van der Waals surface area contributed by atoms with Crippen LogP contribution in [-0.2, 0) is 16.3 Å². The summed E-state index contributed by atoms with van der Waals surface area (Å²) in [5, 5.41) is 7.84. The molecule has 0 saturated heterocycles. The van der Waals surface area contributed by atoms with Gasteiger partial charge in [0.15, 0.2) is 0 Å². The Morgan fingerprint density at radius 1 is 1.36 bits per heavy atom. The number of carbonyl (C=O) groups excluding carboxylic acids is 1. The Kier molecular flexibility index (Phi) is 4.52. The molecule has 1 amide bonds. The molecule has 0 fully saturated rings. The van der Waals surface area contributed by atoms with Crippen LogP contribution in [0.25, 0.3) is 5.69 Å². The fraction of sp³-hybridized carbons (Fsp3) is 0.412. The molecule has 1 aliphatic rings. The van der Waals surface area contributed by atoms with Crippen LogP contribution in [-0.4, -0.2) is 15.7 Å². The predicted octanol–water partition coefficient (Wildman–Crippen LogP) is 4.06. The maximum absolute atomic E-state index is 12.2. The van der Waals surface area contributed by atoms with Crippen molar-refractivity contribution < 1.29 is 4.79 Å². The second kappa shape index (κ2) is 6.57. The first-order valence-electron chi connectivity index (χ1n) is 7.75. The molecule has 0 radical (unpaired) electrons. The van der Waals surface area contributed by atoms with Crippen LogP contribution < -0.4 is 5.32 Å². The Morgan fingerprint density at radius 2 is 2.18 bits per heavy atom. The standard InChI is InChI=1S/C17H21N3OS/c1-3-4-9-16(21)18-17-13-10-22-11-14(13)19-20(17)15-8-6-5-7-12(15)2/h5-8H,3-4,9-11H2,1-2H3,(H,18,21). The molecule has 1 aromatic carbocycles. The second-order valence-electron chi connectivity index (χ2n) is 5.62. The summed E-state index contributed by atoms with van der Waals surface area (Å²) in [5.74, 6) is 2.78. The highest BCUT2D eigenvalue weighted by molar-refractivity contribution is 7.98. The van der Waals surface area contributed by atoms with Gasteiger partial charge in [-0.15, -0.1) is 0 Å². The summed E-state index contributed by atoms with van der Waals surface area (Å²) in [6.07, 6.45) is 2.51. The molecule has 4 nitrogen and oxygen atoms in total. The Bertz CT molecular complexity index is 693. The summed E-state index contributed by atoms with van der Waals surface area (Å²) in [7, 11) is 0. The third kappa shape index (κ3) is 2.90. The Labute approximate surface area is 135 Å². The zero-order valence-electron chi connectivity index (χ0n) is 13.1. The smallest absolute Gasteiger partial charge is 0.225 e. The monoisotopic (exact) mass is 315 g/mol. The van der Waals surface area contributed by atoms with Crippen molar-refractivity contribution in [2.45, 2.75) is 44.6 Å². The molecule has 0 saturated carbocycles. The molecule has 0 spiro atoms. The fourth-order valence-corrected chi connectivity index (χ4v) is 3.68. The number of benzene rings is 1. The van der Waals surface area contributed by atoms with Gasteiger partial charge in [0.25, 0.3) is 0 Å². The van der Waals surface area contributed by atoms with Crippen molar-refractivity contribution in [3.8, 4) is 5.69 Å². The lowest BCUT2D eigenvalue weighted by molar-refractivity contribution is -0.116. The topological polar surface area (TPSA) is 46.9 Å². The third-order valence-corrected chi connectivity index (χ3v) is 4.88. The van der Waals surface area contributed by atoms with Crippen LogP contribution in [0.1, 0.15) is 43.0 Å². The highest BCUT2D eigenvalue weighted by Crippen LogP contribution is 2.36. The zero-order valence-corrected chi connectivity index (χ0v) is 13.9. The summed E-state index contributed by atoms with van der Waals surface area (Å²) >= 11 is 1.85. The van der Waals surface area contributed by atoms with E-state index in [2.05, 4.69) is 25.2 Å². The molecule has 22 heavy (non-hydrogen) atoms. The number of aromatic nitrogens is 2. The van der Waals surface area contributed by atoms with Gasteiger partial charge in [-0.25, -0.2) is 4.68 Å². The van der Waals surface area contributed by atoms with Gasteiger partial charge in [0.1, 0.15) is 5.82 Å². The van der Waals surface area contributed by atoms with Gasteiger partial charge in [-0.3, -0.25) is 4.79 Å². The van der Waals surface area contributed by atoms with Crippen LogP contribution in [0, 0.1) is 6.92 Å². The first-order valence-corrected chi connectivity index (χ1v) is 8.90. The molecule has 1 aromatic heterocycles. The van der Waals surface area contributed by atoms with Gasteiger partial charge in [0.05, 0.1) is 11.4 Å². The van der Waals surface area contributed by atoms with Gasteiger partial charge >= 0.3 is 0 Å². The molecule has 0 unspecified atom stereocenters. The van der Waals surface area contributed by atoms with E-state index in [-0.39, 0.29) is 5.91 Å². The number of rotatable bonds is 5. The molecule has 0 atom stereocenters. The zero-order chi connectivity index (χ0) is 15.5. The van der Waals surface area contributed by atoms with Crippen molar-refractivity contribution in [1.82, 2.24) is 9.78 Å². The van der Waals surface area contributed by atoms with Crippen molar-refractivity contribution in [3.05, 3.63) is 41.1 Å². The number of anilines is 1. The number of amides is 1. The minimum absolute atomic E-state index is 0.0799. The minimum atomic E-state index is 0.0799. The lowest BCUT2D eigenvalue weighted by atomic mass is 10.2. The van der Waals surface area contributed by atoms with Crippen LogP contribution >= 0.6 is 11.8 Å². The number of unbranched alkanes of at least 4 members (excludes halogenated alkanes) is 1. The number of para-hydroxylation sites is 1. The summed E-state index contributed by atoms with van der Waals surface area (Å²) in [6, 6.07) is 8.14. The molecule has 5 heteroatoms. The van der Waals surface area contributed by atoms with Gasteiger partial charge in [-0.1, -0.05) is 31.5 Å². The molecule has 3 rings (SSSR count). The van der Waals surface area contributed by atoms with Gasteiger partial charge in [-0.05, 0) is 25.0 Å². The Balaban J connectivity index is 1.97.